The van der Waals surface area contributed by atoms with Crippen LogP contribution in [0.5, 0.6) is 0 Å². The average Bonchev–Trinajstić information content (AvgIpc) is 3.24. The van der Waals surface area contributed by atoms with Crippen molar-refractivity contribution in [2.45, 2.75) is 44.4 Å². The van der Waals surface area contributed by atoms with Gasteiger partial charge < -0.3 is 15.2 Å². The van der Waals surface area contributed by atoms with Gasteiger partial charge in [-0.1, -0.05) is 29.8 Å². The van der Waals surface area contributed by atoms with Gasteiger partial charge in [0, 0.05) is 46.7 Å². The summed E-state index contributed by atoms with van der Waals surface area (Å²) in [6.45, 7) is 1.53. The minimum absolute atomic E-state index is 0.124. The van der Waals surface area contributed by atoms with E-state index in [-0.39, 0.29) is 29.5 Å². The maximum atomic E-state index is 13.1. The van der Waals surface area contributed by atoms with E-state index in [4.69, 9.17) is 11.6 Å². The predicted octanol–water partition coefficient (Wildman–Crippen LogP) is 4.71. The van der Waals surface area contributed by atoms with E-state index in [2.05, 4.69) is 10.6 Å². The lowest BCUT2D eigenvalue weighted by atomic mass is 9.92. The van der Waals surface area contributed by atoms with Gasteiger partial charge in [-0.15, -0.1) is 0 Å². The van der Waals surface area contributed by atoms with Gasteiger partial charge >= 0.3 is 6.18 Å². The lowest BCUT2D eigenvalue weighted by molar-refractivity contribution is -0.117. The van der Waals surface area contributed by atoms with Gasteiger partial charge in [-0.25, -0.2) is 0 Å². The van der Waals surface area contributed by atoms with Crippen molar-refractivity contribution in [1.29, 1.82) is 0 Å². The van der Waals surface area contributed by atoms with Gasteiger partial charge in [0.15, 0.2) is 0 Å². The second kappa shape index (κ2) is 9.11. The zero-order valence-electron chi connectivity index (χ0n) is 17.2. The van der Waals surface area contributed by atoms with Gasteiger partial charge in [0.1, 0.15) is 0 Å². The highest BCUT2D eigenvalue weighted by molar-refractivity contribution is 6.32. The Kier molecular flexibility index (Phi) is 6.44. The fourth-order valence-electron chi connectivity index (χ4n) is 4.28. The molecule has 1 fully saturated rings. The second-order valence-corrected chi connectivity index (χ2v) is 8.62. The molecule has 1 amide bonds. The zero-order valence-corrected chi connectivity index (χ0v) is 18.0. The van der Waals surface area contributed by atoms with Gasteiger partial charge in [-0.3, -0.25) is 9.59 Å². The first kappa shape index (κ1) is 22.6. The molecular weight excluding hydrogens is 443 g/mol. The van der Waals surface area contributed by atoms with Crippen molar-refractivity contribution in [3.05, 3.63) is 63.6 Å². The summed E-state index contributed by atoms with van der Waals surface area (Å²) >= 11 is 5.68. The highest BCUT2D eigenvalue weighted by atomic mass is 35.5. The molecule has 1 unspecified atom stereocenters. The molecule has 32 heavy (non-hydrogen) atoms. The van der Waals surface area contributed by atoms with Crippen molar-refractivity contribution in [3.8, 4) is 0 Å². The molecule has 2 heterocycles. The maximum absolute atomic E-state index is 13.1. The number of benzene rings is 1. The Bertz CT molecular complexity index is 1150. The first-order valence-electron chi connectivity index (χ1n) is 10.5. The molecule has 2 atom stereocenters. The summed E-state index contributed by atoms with van der Waals surface area (Å²) in [6, 6.07) is 7.12. The number of hydrogen-bond acceptors (Lipinski definition) is 3. The van der Waals surface area contributed by atoms with E-state index < -0.39 is 23.6 Å². The van der Waals surface area contributed by atoms with Crippen molar-refractivity contribution >= 4 is 34.0 Å². The lowest BCUT2D eigenvalue weighted by Gasteiger charge is -2.20. The van der Waals surface area contributed by atoms with Crippen LogP contribution in [0.15, 0.2) is 58.0 Å². The minimum Gasteiger partial charge on any atom is -0.325 e. The quantitative estimate of drug-likeness (QED) is 0.672. The molecule has 170 valence electrons. The molecule has 5 nitrogen and oxygen atoms in total. The monoisotopic (exact) mass is 465 g/mol. The fraction of sp³-hybridized carbons (Fsp3) is 0.391. The lowest BCUT2D eigenvalue weighted by Crippen LogP contribution is -2.32. The van der Waals surface area contributed by atoms with Crippen LogP contribution in [-0.2, 0) is 11.3 Å². The summed E-state index contributed by atoms with van der Waals surface area (Å²) in [5.41, 5.74) is -0.594. The molecule has 0 spiro atoms. The molecule has 2 aromatic rings. The van der Waals surface area contributed by atoms with Gasteiger partial charge in [0.25, 0.3) is 5.56 Å². The van der Waals surface area contributed by atoms with Crippen LogP contribution in [0.2, 0.25) is 0 Å². The number of nitrogens with one attached hydrogen (secondary N) is 2. The molecule has 9 heteroatoms. The number of anilines is 1. The number of carbonyl (C=O) groups excluding carboxylic acids is 1. The number of fused-ring (bicyclic) bond motifs is 1. The number of halogens is 4. The molecule has 0 radical (unpaired) electrons. The maximum Gasteiger partial charge on any atom is 0.417 e. The van der Waals surface area contributed by atoms with Gasteiger partial charge in [0.05, 0.1) is 5.57 Å². The molecule has 1 aromatic carbocycles. The van der Waals surface area contributed by atoms with Crippen LogP contribution in [0.4, 0.5) is 18.9 Å². The molecule has 4 rings (SSSR count). The van der Waals surface area contributed by atoms with E-state index in [1.54, 1.807) is 35.0 Å². The third-order valence-corrected chi connectivity index (χ3v) is 6.24. The summed E-state index contributed by atoms with van der Waals surface area (Å²) in [4.78, 5) is 25.5. The SMILES string of the molecule is O=C(CC1C=C(C(F)(F)F)C(Cl)=CC1)Nc1cccc2c(=O)n(C[C@@H]3CCCN3)ccc12. The van der Waals surface area contributed by atoms with E-state index >= 15 is 0 Å². The Hall–Kier alpha value is -2.58. The summed E-state index contributed by atoms with van der Waals surface area (Å²) in [7, 11) is 0. The third kappa shape index (κ3) is 4.91. The van der Waals surface area contributed by atoms with Crippen molar-refractivity contribution in [2.24, 2.45) is 5.92 Å². The smallest absolute Gasteiger partial charge is 0.325 e. The van der Waals surface area contributed by atoms with Gasteiger partial charge in [0.2, 0.25) is 5.91 Å². The molecule has 1 aliphatic heterocycles. The normalized spacial score (nSPS) is 21.4. The topological polar surface area (TPSA) is 63.1 Å². The first-order chi connectivity index (χ1) is 15.2. The molecule has 1 aromatic heterocycles. The Morgan fingerprint density at radius 3 is 2.78 bits per heavy atom. The zero-order chi connectivity index (χ0) is 22.9. The third-order valence-electron chi connectivity index (χ3n) is 5.88. The fourth-order valence-corrected chi connectivity index (χ4v) is 4.54. The van der Waals surface area contributed by atoms with E-state index in [1.165, 1.54) is 6.08 Å². The number of carbonyl (C=O) groups is 1. The molecule has 1 aliphatic carbocycles. The first-order valence-corrected chi connectivity index (χ1v) is 10.9. The summed E-state index contributed by atoms with van der Waals surface area (Å²) in [5.74, 6) is -1.04. The van der Waals surface area contributed by atoms with Crippen molar-refractivity contribution in [1.82, 2.24) is 9.88 Å². The molecule has 1 saturated heterocycles. The Balaban J connectivity index is 1.50. The highest BCUT2D eigenvalue weighted by Gasteiger charge is 2.37. The Labute approximate surface area is 187 Å². The van der Waals surface area contributed by atoms with E-state index in [9.17, 15) is 22.8 Å². The van der Waals surface area contributed by atoms with Crippen molar-refractivity contribution < 1.29 is 18.0 Å². The van der Waals surface area contributed by atoms with E-state index in [0.717, 1.165) is 25.5 Å². The Morgan fingerprint density at radius 2 is 2.06 bits per heavy atom. The molecule has 2 aliphatic rings. The Morgan fingerprint density at radius 1 is 1.25 bits per heavy atom. The van der Waals surface area contributed by atoms with Crippen LogP contribution in [0.3, 0.4) is 0 Å². The summed E-state index contributed by atoms with van der Waals surface area (Å²) < 4.78 is 40.9. The minimum atomic E-state index is -4.56. The number of alkyl halides is 3. The molecular formula is C23H23ClF3N3O2. The predicted molar refractivity (Wildman–Crippen MR) is 119 cm³/mol. The largest absolute Gasteiger partial charge is 0.417 e. The summed E-state index contributed by atoms with van der Waals surface area (Å²) in [6.07, 6.45) is 1.70. The van der Waals surface area contributed by atoms with Gasteiger partial charge in [-0.2, -0.15) is 13.2 Å². The molecule has 0 saturated carbocycles. The number of allylic oxidation sites excluding steroid dienone is 4. The van der Waals surface area contributed by atoms with Crippen LogP contribution >= 0.6 is 11.6 Å². The highest BCUT2D eigenvalue weighted by Crippen LogP contribution is 2.38. The average molecular weight is 466 g/mol. The molecule has 2 N–H and O–H groups in total. The number of pyridine rings is 1. The van der Waals surface area contributed by atoms with Crippen LogP contribution in [-0.4, -0.2) is 29.2 Å². The number of nitrogens with zero attached hydrogens (tertiary/aromatic N) is 1. The van der Waals surface area contributed by atoms with Crippen molar-refractivity contribution in [2.75, 3.05) is 11.9 Å². The van der Waals surface area contributed by atoms with Crippen LogP contribution in [0, 0.1) is 5.92 Å². The second-order valence-electron chi connectivity index (χ2n) is 8.21. The number of aromatic nitrogens is 1. The van der Waals surface area contributed by atoms with Crippen LogP contribution in [0.25, 0.3) is 10.8 Å². The van der Waals surface area contributed by atoms with Crippen molar-refractivity contribution in [3.63, 3.8) is 0 Å². The van der Waals surface area contributed by atoms with Crippen LogP contribution < -0.4 is 16.2 Å². The molecule has 0 bridgehead atoms. The number of amides is 1. The number of rotatable bonds is 5. The van der Waals surface area contributed by atoms with E-state index in [1.807, 2.05) is 0 Å². The number of hydrogen-bond donors (Lipinski definition) is 2. The van der Waals surface area contributed by atoms with Crippen LogP contribution in [0.1, 0.15) is 25.7 Å². The van der Waals surface area contributed by atoms with Gasteiger partial charge in [-0.05, 0) is 49.9 Å². The van der Waals surface area contributed by atoms with E-state index in [0.29, 0.717) is 23.0 Å². The standard InChI is InChI=1S/C23H23ClF3N3O2/c24-19-7-6-14(11-18(19)23(25,26)27)12-21(31)29-20-5-1-4-17-16(20)8-10-30(22(17)32)13-15-3-2-9-28-15/h1,4-5,7-8,10-11,14-15,28H,2-3,6,9,12-13H2,(H,29,31)/t14?,15-/m0/s1. The summed E-state index contributed by atoms with van der Waals surface area (Å²) in [5, 5.41) is 6.86.